The minimum Gasteiger partial charge on any atom is -0.479 e. The summed E-state index contributed by atoms with van der Waals surface area (Å²) in [5.74, 6) is -1.74. The van der Waals surface area contributed by atoms with Gasteiger partial charge in [0.25, 0.3) is 0 Å². The first-order valence-electron chi connectivity index (χ1n) is 4.22. The zero-order chi connectivity index (χ0) is 13.4. The van der Waals surface area contributed by atoms with E-state index < -0.39 is 35.1 Å². The molecule has 0 aromatic heterocycles. The van der Waals surface area contributed by atoms with Crippen molar-refractivity contribution < 1.29 is 28.2 Å². The minimum absolute atomic E-state index is 0.342. The number of halogens is 4. The van der Waals surface area contributed by atoms with Crippen molar-refractivity contribution in [2.75, 3.05) is 5.73 Å². The molecule has 0 fully saturated rings. The molecular weight excluding hydrogens is 263 g/mol. The summed E-state index contributed by atoms with van der Waals surface area (Å²) < 4.78 is 37.4. The summed E-state index contributed by atoms with van der Waals surface area (Å²) in [4.78, 5) is 10.5. The molecule has 1 aromatic rings. The van der Waals surface area contributed by atoms with Crippen LogP contribution in [0.15, 0.2) is 12.1 Å². The molecule has 0 saturated carbocycles. The minimum atomic E-state index is -4.75. The molecule has 0 amide bonds. The van der Waals surface area contributed by atoms with Crippen LogP contribution in [0.5, 0.6) is 0 Å². The normalized spacial score (nSPS) is 13.5. The average molecular weight is 270 g/mol. The van der Waals surface area contributed by atoms with E-state index in [1.807, 2.05) is 0 Å². The number of aliphatic hydroxyl groups is 1. The van der Waals surface area contributed by atoms with Crippen LogP contribution in [0.3, 0.4) is 0 Å². The molecule has 17 heavy (non-hydrogen) atoms. The van der Waals surface area contributed by atoms with E-state index in [4.69, 9.17) is 22.4 Å². The third-order valence-electron chi connectivity index (χ3n) is 2.05. The Morgan fingerprint density at radius 3 is 2.35 bits per heavy atom. The number of nitrogens with two attached hydrogens (primary N) is 1. The molecule has 4 nitrogen and oxygen atoms in total. The quantitative estimate of drug-likeness (QED) is 0.718. The molecule has 0 radical (unpaired) electrons. The van der Waals surface area contributed by atoms with Crippen LogP contribution in [0, 0.1) is 0 Å². The Kier molecular flexibility index (Phi) is 3.53. The van der Waals surface area contributed by atoms with E-state index in [1.54, 1.807) is 0 Å². The van der Waals surface area contributed by atoms with Gasteiger partial charge in [0.15, 0.2) is 6.10 Å². The van der Waals surface area contributed by atoms with Crippen molar-refractivity contribution in [1.29, 1.82) is 0 Å². The number of rotatable bonds is 2. The maximum atomic E-state index is 12.5. The Morgan fingerprint density at radius 2 is 1.94 bits per heavy atom. The van der Waals surface area contributed by atoms with Crippen molar-refractivity contribution in [3.63, 3.8) is 0 Å². The number of nitrogen functional groups attached to an aromatic ring is 1. The predicted molar refractivity (Wildman–Crippen MR) is 53.5 cm³/mol. The second-order valence-electron chi connectivity index (χ2n) is 3.16. The monoisotopic (exact) mass is 269 g/mol. The van der Waals surface area contributed by atoms with E-state index in [0.29, 0.717) is 6.07 Å². The first-order chi connectivity index (χ1) is 7.66. The fraction of sp³-hybridized carbons (Fsp3) is 0.222. The van der Waals surface area contributed by atoms with Crippen molar-refractivity contribution >= 4 is 23.3 Å². The second kappa shape index (κ2) is 4.42. The molecule has 0 heterocycles. The van der Waals surface area contributed by atoms with Gasteiger partial charge in [-0.2, -0.15) is 13.2 Å². The summed E-state index contributed by atoms with van der Waals surface area (Å²) in [5, 5.41) is 17.4. The molecular formula is C9H7ClF3NO3. The summed E-state index contributed by atoms with van der Waals surface area (Å²) in [7, 11) is 0. The number of carboxylic acids is 1. The third-order valence-corrected chi connectivity index (χ3v) is 2.38. The standard InChI is InChI=1S/C9H7ClF3NO3/c10-4-2-1-3(9(11,12)13)6(14)5(4)7(15)8(16)17/h1-2,7,15H,14H2,(H,16,17). The van der Waals surface area contributed by atoms with Crippen LogP contribution < -0.4 is 5.73 Å². The van der Waals surface area contributed by atoms with Crippen LogP contribution in [0.4, 0.5) is 18.9 Å². The summed E-state index contributed by atoms with van der Waals surface area (Å²) in [6.07, 6.45) is -6.95. The lowest BCUT2D eigenvalue weighted by atomic mass is 10.0. The first kappa shape index (κ1) is 13.6. The van der Waals surface area contributed by atoms with Gasteiger partial charge in [-0.25, -0.2) is 4.79 Å². The molecule has 1 rings (SSSR count). The number of carbonyl (C=O) groups is 1. The summed E-state index contributed by atoms with van der Waals surface area (Å²) in [6.45, 7) is 0. The third kappa shape index (κ3) is 2.62. The van der Waals surface area contributed by atoms with E-state index in [-0.39, 0.29) is 5.02 Å². The SMILES string of the molecule is Nc1c(C(F)(F)F)ccc(Cl)c1C(O)C(=O)O. The zero-order valence-corrected chi connectivity index (χ0v) is 8.88. The number of anilines is 1. The second-order valence-corrected chi connectivity index (χ2v) is 3.57. The van der Waals surface area contributed by atoms with Gasteiger partial charge in [-0.05, 0) is 12.1 Å². The number of hydrogen-bond acceptors (Lipinski definition) is 3. The number of hydrogen-bond donors (Lipinski definition) is 3. The predicted octanol–water partition coefficient (Wildman–Crippen LogP) is 2.06. The van der Waals surface area contributed by atoms with Crippen molar-refractivity contribution in [2.24, 2.45) is 0 Å². The fourth-order valence-electron chi connectivity index (χ4n) is 1.26. The molecule has 0 aliphatic heterocycles. The summed E-state index contributed by atoms with van der Waals surface area (Å²) in [6, 6.07) is 1.46. The largest absolute Gasteiger partial charge is 0.479 e. The smallest absolute Gasteiger partial charge is 0.418 e. The molecule has 0 aliphatic carbocycles. The van der Waals surface area contributed by atoms with E-state index in [1.165, 1.54) is 0 Å². The Hall–Kier alpha value is -1.47. The lowest BCUT2D eigenvalue weighted by molar-refractivity contribution is -0.147. The van der Waals surface area contributed by atoms with Crippen LogP contribution in [-0.2, 0) is 11.0 Å². The highest BCUT2D eigenvalue weighted by Crippen LogP contribution is 2.39. The highest BCUT2D eigenvalue weighted by molar-refractivity contribution is 6.32. The molecule has 0 bridgehead atoms. The van der Waals surface area contributed by atoms with Crippen LogP contribution in [-0.4, -0.2) is 16.2 Å². The maximum absolute atomic E-state index is 12.5. The van der Waals surface area contributed by atoms with Crippen molar-refractivity contribution in [1.82, 2.24) is 0 Å². The number of aliphatic hydroxyl groups excluding tert-OH is 1. The lowest BCUT2D eigenvalue weighted by Gasteiger charge is -2.16. The van der Waals surface area contributed by atoms with Gasteiger partial charge in [0.1, 0.15) is 0 Å². The first-order valence-corrected chi connectivity index (χ1v) is 4.60. The molecule has 0 saturated heterocycles. The molecule has 0 spiro atoms. The topological polar surface area (TPSA) is 83.5 Å². The zero-order valence-electron chi connectivity index (χ0n) is 8.12. The Bertz CT molecular complexity index is 462. The van der Waals surface area contributed by atoms with E-state index in [0.717, 1.165) is 6.07 Å². The number of carboxylic acid groups (broad SMARTS) is 1. The van der Waals surface area contributed by atoms with Gasteiger partial charge >= 0.3 is 12.1 Å². The lowest BCUT2D eigenvalue weighted by Crippen LogP contribution is -2.17. The van der Waals surface area contributed by atoms with Crippen LogP contribution in [0.2, 0.25) is 5.02 Å². The number of benzene rings is 1. The van der Waals surface area contributed by atoms with Gasteiger partial charge in [0.05, 0.1) is 11.3 Å². The summed E-state index contributed by atoms with van der Waals surface area (Å²) >= 11 is 5.52. The van der Waals surface area contributed by atoms with Gasteiger partial charge in [0.2, 0.25) is 0 Å². The van der Waals surface area contributed by atoms with Gasteiger partial charge in [-0.15, -0.1) is 0 Å². The molecule has 8 heteroatoms. The van der Waals surface area contributed by atoms with Crippen LogP contribution in [0.25, 0.3) is 0 Å². The summed E-state index contributed by atoms with van der Waals surface area (Å²) in [5.41, 5.74) is 2.40. The Morgan fingerprint density at radius 1 is 1.41 bits per heavy atom. The van der Waals surface area contributed by atoms with Crippen molar-refractivity contribution in [3.05, 3.63) is 28.3 Å². The van der Waals surface area contributed by atoms with Gasteiger partial charge in [-0.1, -0.05) is 11.6 Å². The van der Waals surface area contributed by atoms with Gasteiger partial charge < -0.3 is 15.9 Å². The Balaban J connectivity index is 3.45. The van der Waals surface area contributed by atoms with Gasteiger partial charge in [0, 0.05) is 10.6 Å². The molecule has 4 N–H and O–H groups in total. The van der Waals surface area contributed by atoms with Gasteiger partial charge in [-0.3, -0.25) is 0 Å². The highest BCUT2D eigenvalue weighted by atomic mass is 35.5. The molecule has 0 aliphatic rings. The molecule has 1 unspecified atom stereocenters. The van der Waals surface area contributed by atoms with Crippen LogP contribution >= 0.6 is 11.6 Å². The average Bonchev–Trinajstić information content (AvgIpc) is 2.14. The molecule has 1 aromatic carbocycles. The van der Waals surface area contributed by atoms with Crippen molar-refractivity contribution in [2.45, 2.75) is 12.3 Å². The van der Waals surface area contributed by atoms with E-state index in [2.05, 4.69) is 0 Å². The van der Waals surface area contributed by atoms with E-state index in [9.17, 15) is 23.1 Å². The Labute approximate surface area is 98.4 Å². The number of aliphatic carboxylic acids is 1. The molecule has 1 atom stereocenters. The number of alkyl halides is 3. The highest BCUT2D eigenvalue weighted by Gasteiger charge is 2.36. The van der Waals surface area contributed by atoms with E-state index >= 15 is 0 Å². The molecule has 94 valence electrons. The maximum Gasteiger partial charge on any atom is 0.418 e. The van der Waals surface area contributed by atoms with Crippen LogP contribution in [0.1, 0.15) is 17.2 Å². The van der Waals surface area contributed by atoms with Crippen molar-refractivity contribution in [3.8, 4) is 0 Å². The fourth-order valence-corrected chi connectivity index (χ4v) is 1.53.